The molecule has 0 radical (unpaired) electrons. The summed E-state index contributed by atoms with van der Waals surface area (Å²) in [6.45, 7) is 6.64. The number of allylic oxidation sites excluding steroid dienone is 6. The summed E-state index contributed by atoms with van der Waals surface area (Å²) in [6, 6.07) is 0. The molecule has 0 N–H and O–H groups in total. The van der Waals surface area contributed by atoms with E-state index < -0.39 is 6.10 Å². The van der Waals surface area contributed by atoms with E-state index in [0.29, 0.717) is 19.3 Å². The molecule has 0 bridgehead atoms. The first-order valence-corrected chi connectivity index (χ1v) is 29.5. The molecule has 0 saturated heterocycles. The lowest BCUT2D eigenvalue weighted by molar-refractivity contribution is -0.167. The van der Waals surface area contributed by atoms with Gasteiger partial charge in [0.2, 0.25) is 0 Å². The third-order valence-corrected chi connectivity index (χ3v) is 13.1. The highest BCUT2D eigenvalue weighted by Gasteiger charge is 2.19. The van der Waals surface area contributed by atoms with E-state index in [2.05, 4.69) is 57.2 Å². The van der Waals surface area contributed by atoms with Gasteiger partial charge in [-0.1, -0.05) is 256 Å². The zero-order valence-corrected chi connectivity index (χ0v) is 44.9. The van der Waals surface area contributed by atoms with Crippen molar-refractivity contribution in [1.29, 1.82) is 0 Å². The van der Waals surface area contributed by atoms with Crippen LogP contribution in [0.1, 0.15) is 316 Å². The zero-order chi connectivity index (χ0) is 48.6. The average Bonchev–Trinajstić information content (AvgIpc) is 3.33. The number of esters is 3. The second-order valence-corrected chi connectivity index (χ2v) is 19.9. The molecule has 67 heavy (non-hydrogen) atoms. The van der Waals surface area contributed by atoms with Crippen molar-refractivity contribution < 1.29 is 28.6 Å². The minimum absolute atomic E-state index is 0.0733. The van der Waals surface area contributed by atoms with Crippen molar-refractivity contribution in [3.8, 4) is 0 Å². The molecule has 0 heterocycles. The number of rotatable bonds is 54. The number of unbranched alkanes of at least 4 members (excludes halogenated alkanes) is 37. The van der Waals surface area contributed by atoms with Gasteiger partial charge in [0.1, 0.15) is 13.2 Å². The molecule has 0 aliphatic rings. The Morgan fingerprint density at radius 3 is 0.866 bits per heavy atom. The van der Waals surface area contributed by atoms with Crippen molar-refractivity contribution in [3.05, 3.63) is 36.5 Å². The van der Waals surface area contributed by atoms with Crippen molar-refractivity contribution in [2.75, 3.05) is 13.2 Å². The van der Waals surface area contributed by atoms with Crippen LogP contribution in [-0.2, 0) is 28.6 Å². The first-order valence-electron chi connectivity index (χ1n) is 29.5. The van der Waals surface area contributed by atoms with Crippen LogP contribution in [0.5, 0.6) is 0 Å². The fourth-order valence-corrected chi connectivity index (χ4v) is 8.65. The van der Waals surface area contributed by atoms with Crippen LogP contribution in [-0.4, -0.2) is 37.2 Å². The van der Waals surface area contributed by atoms with Crippen LogP contribution in [0.2, 0.25) is 0 Å². The Hall–Kier alpha value is -2.37. The van der Waals surface area contributed by atoms with Gasteiger partial charge in [-0.2, -0.15) is 0 Å². The van der Waals surface area contributed by atoms with E-state index in [1.54, 1.807) is 0 Å². The first-order chi connectivity index (χ1) is 33.0. The SMILES string of the molecule is CCCCC/C=C\C/C=C\CCCCCCCCCC(=O)OC[C@H](COC(=O)CCCCCCCCC/C=C\CCCCCCCC)OC(=O)CCCCCCCCCCCCCCCCC. The average molecular weight is 942 g/mol. The summed E-state index contributed by atoms with van der Waals surface area (Å²) in [6.07, 6.45) is 67.0. The largest absolute Gasteiger partial charge is 0.462 e. The Morgan fingerprint density at radius 1 is 0.299 bits per heavy atom. The summed E-state index contributed by atoms with van der Waals surface area (Å²) in [5.41, 5.74) is 0. The highest BCUT2D eigenvalue weighted by Crippen LogP contribution is 2.16. The number of hydrogen-bond donors (Lipinski definition) is 0. The molecule has 0 aromatic carbocycles. The van der Waals surface area contributed by atoms with E-state index in [9.17, 15) is 14.4 Å². The predicted octanol–water partition coefficient (Wildman–Crippen LogP) is 19.7. The minimum atomic E-state index is -0.774. The smallest absolute Gasteiger partial charge is 0.306 e. The maximum Gasteiger partial charge on any atom is 0.306 e. The van der Waals surface area contributed by atoms with Gasteiger partial charge in [-0.25, -0.2) is 0 Å². The maximum absolute atomic E-state index is 12.9. The summed E-state index contributed by atoms with van der Waals surface area (Å²) in [4.78, 5) is 38.2. The van der Waals surface area contributed by atoms with Crippen molar-refractivity contribution in [3.63, 3.8) is 0 Å². The van der Waals surface area contributed by atoms with Crippen molar-refractivity contribution in [1.82, 2.24) is 0 Å². The second-order valence-electron chi connectivity index (χ2n) is 19.9. The number of carbonyl (C=O) groups excluding carboxylic acids is 3. The molecular weight excluding hydrogens is 829 g/mol. The van der Waals surface area contributed by atoms with Gasteiger partial charge >= 0.3 is 17.9 Å². The Balaban J connectivity index is 4.35. The molecule has 0 aliphatic carbocycles. The highest BCUT2D eigenvalue weighted by atomic mass is 16.6. The van der Waals surface area contributed by atoms with Crippen LogP contribution < -0.4 is 0 Å². The van der Waals surface area contributed by atoms with E-state index in [0.717, 1.165) is 70.6 Å². The van der Waals surface area contributed by atoms with Gasteiger partial charge < -0.3 is 14.2 Å². The Labute approximate surface area is 416 Å². The monoisotopic (exact) mass is 941 g/mol. The van der Waals surface area contributed by atoms with E-state index in [1.165, 1.54) is 205 Å². The Kier molecular flexibility index (Phi) is 54.2. The van der Waals surface area contributed by atoms with E-state index in [4.69, 9.17) is 14.2 Å². The molecule has 392 valence electrons. The van der Waals surface area contributed by atoms with Gasteiger partial charge in [0.25, 0.3) is 0 Å². The van der Waals surface area contributed by atoms with Gasteiger partial charge in [0.15, 0.2) is 6.10 Å². The molecule has 0 spiro atoms. The molecule has 0 rings (SSSR count). The molecule has 0 amide bonds. The summed E-state index contributed by atoms with van der Waals surface area (Å²) in [7, 11) is 0. The molecular formula is C61H112O6. The standard InChI is InChI=1S/C61H112O6/c1-4-7-10-13-16-19-22-25-28-30-33-35-38-41-44-47-50-53-59(62)65-56-58(67-61(64)55-52-49-46-43-40-37-32-27-24-21-18-15-12-9-6-3)57-66-60(63)54-51-48-45-42-39-36-34-31-29-26-23-20-17-14-11-8-5-2/h16,19,25-26,28-29,58H,4-15,17-18,20-24,27,30-57H2,1-3H3/b19-16-,28-25-,29-26-/t58-/m1/s1. The topological polar surface area (TPSA) is 78.9 Å². The van der Waals surface area contributed by atoms with Crippen molar-refractivity contribution in [2.45, 2.75) is 322 Å². The molecule has 0 aliphatic heterocycles. The third-order valence-electron chi connectivity index (χ3n) is 13.1. The molecule has 0 unspecified atom stereocenters. The molecule has 0 aromatic heterocycles. The number of carbonyl (C=O) groups is 3. The van der Waals surface area contributed by atoms with Crippen molar-refractivity contribution in [2.24, 2.45) is 0 Å². The lowest BCUT2D eigenvalue weighted by atomic mass is 10.0. The molecule has 0 aromatic rings. The van der Waals surface area contributed by atoms with Gasteiger partial charge in [0.05, 0.1) is 0 Å². The predicted molar refractivity (Wildman–Crippen MR) is 289 cm³/mol. The second kappa shape index (κ2) is 56.2. The van der Waals surface area contributed by atoms with Gasteiger partial charge in [0, 0.05) is 19.3 Å². The van der Waals surface area contributed by atoms with Crippen LogP contribution in [0.25, 0.3) is 0 Å². The minimum Gasteiger partial charge on any atom is -0.462 e. The highest BCUT2D eigenvalue weighted by molar-refractivity contribution is 5.71. The van der Waals surface area contributed by atoms with E-state index in [1.807, 2.05) is 0 Å². The van der Waals surface area contributed by atoms with Crippen LogP contribution in [0.15, 0.2) is 36.5 Å². The summed E-state index contributed by atoms with van der Waals surface area (Å²) in [5, 5.41) is 0. The molecule has 6 heteroatoms. The number of ether oxygens (including phenoxy) is 3. The Morgan fingerprint density at radius 2 is 0.537 bits per heavy atom. The normalized spacial score (nSPS) is 12.2. The first kappa shape index (κ1) is 64.6. The Bertz CT molecular complexity index is 1130. The van der Waals surface area contributed by atoms with Crippen molar-refractivity contribution >= 4 is 17.9 Å². The molecule has 1 atom stereocenters. The van der Waals surface area contributed by atoms with Crippen LogP contribution in [0, 0.1) is 0 Å². The lowest BCUT2D eigenvalue weighted by Gasteiger charge is -2.18. The third kappa shape index (κ3) is 54.4. The molecule has 0 fully saturated rings. The van der Waals surface area contributed by atoms with E-state index in [-0.39, 0.29) is 31.1 Å². The fraction of sp³-hybridized carbons (Fsp3) is 0.852. The zero-order valence-electron chi connectivity index (χ0n) is 44.9. The summed E-state index contributed by atoms with van der Waals surface area (Å²) in [5.74, 6) is -0.866. The van der Waals surface area contributed by atoms with Gasteiger partial charge in [-0.3, -0.25) is 14.4 Å². The molecule has 6 nitrogen and oxygen atoms in total. The quantitative estimate of drug-likeness (QED) is 0.0262. The number of hydrogen-bond acceptors (Lipinski definition) is 6. The summed E-state index contributed by atoms with van der Waals surface area (Å²) >= 11 is 0. The van der Waals surface area contributed by atoms with Crippen LogP contribution >= 0.6 is 0 Å². The lowest BCUT2D eigenvalue weighted by Crippen LogP contribution is -2.30. The van der Waals surface area contributed by atoms with Crippen LogP contribution in [0.3, 0.4) is 0 Å². The fourth-order valence-electron chi connectivity index (χ4n) is 8.65. The maximum atomic E-state index is 12.9. The summed E-state index contributed by atoms with van der Waals surface area (Å²) < 4.78 is 16.9. The van der Waals surface area contributed by atoms with E-state index >= 15 is 0 Å². The van der Waals surface area contributed by atoms with Crippen LogP contribution in [0.4, 0.5) is 0 Å². The molecule has 0 saturated carbocycles. The van der Waals surface area contributed by atoms with Gasteiger partial charge in [-0.05, 0) is 77.0 Å². The van der Waals surface area contributed by atoms with Gasteiger partial charge in [-0.15, -0.1) is 0 Å².